The van der Waals surface area contributed by atoms with Crippen molar-refractivity contribution in [3.8, 4) is 5.75 Å². The van der Waals surface area contributed by atoms with Crippen molar-refractivity contribution in [3.05, 3.63) is 29.8 Å². The van der Waals surface area contributed by atoms with E-state index in [1.165, 1.54) is 12.0 Å². The summed E-state index contributed by atoms with van der Waals surface area (Å²) in [5.74, 6) is 0.961. The van der Waals surface area contributed by atoms with Gasteiger partial charge in [0.05, 0.1) is 6.61 Å². The average Bonchev–Trinajstić information content (AvgIpc) is 2.24. The fourth-order valence-electron chi connectivity index (χ4n) is 1.61. The second-order valence-corrected chi connectivity index (χ2v) is 5.57. The molecule has 2 heteroatoms. The second kappa shape index (κ2) is 6.65. The number of ether oxygens (including phenoxy) is 1. The van der Waals surface area contributed by atoms with E-state index in [4.69, 9.17) is 4.74 Å². The second-order valence-electron chi connectivity index (χ2n) is 5.57. The Labute approximate surface area is 105 Å². The van der Waals surface area contributed by atoms with Crippen LogP contribution in [0.3, 0.4) is 0 Å². The Kier molecular flexibility index (Phi) is 5.49. The van der Waals surface area contributed by atoms with Crippen LogP contribution >= 0.6 is 0 Å². The Hall–Kier alpha value is -1.02. The topological polar surface area (TPSA) is 21.3 Å². The maximum absolute atomic E-state index is 5.48. The predicted octanol–water partition coefficient (Wildman–Crippen LogP) is 3.61. The van der Waals surface area contributed by atoms with Gasteiger partial charge in [-0.2, -0.15) is 0 Å². The summed E-state index contributed by atoms with van der Waals surface area (Å²) in [5.41, 5.74) is 1.69. The molecule has 0 amide bonds. The normalized spacial score (nSPS) is 11.5. The third-order valence-electron chi connectivity index (χ3n) is 2.59. The minimum atomic E-state index is 0.403. The van der Waals surface area contributed by atoms with Crippen LogP contribution in [0.1, 0.15) is 39.7 Å². The monoisotopic (exact) mass is 235 g/mol. The SMILES string of the molecule is CCOc1cccc(CNCCC(C)(C)C)c1. The highest BCUT2D eigenvalue weighted by molar-refractivity contribution is 5.28. The molecule has 0 spiro atoms. The van der Waals surface area contributed by atoms with Crippen LogP contribution < -0.4 is 10.1 Å². The smallest absolute Gasteiger partial charge is 0.119 e. The molecule has 96 valence electrons. The minimum Gasteiger partial charge on any atom is -0.494 e. The highest BCUT2D eigenvalue weighted by Crippen LogP contribution is 2.17. The molecule has 1 aromatic carbocycles. The molecule has 2 nitrogen and oxygen atoms in total. The molecule has 17 heavy (non-hydrogen) atoms. The minimum absolute atomic E-state index is 0.403. The molecule has 0 aromatic heterocycles. The molecule has 0 unspecified atom stereocenters. The van der Waals surface area contributed by atoms with Crippen molar-refractivity contribution >= 4 is 0 Å². The van der Waals surface area contributed by atoms with Crippen molar-refractivity contribution in [2.45, 2.75) is 40.7 Å². The lowest BCUT2D eigenvalue weighted by atomic mass is 9.92. The van der Waals surface area contributed by atoms with E-state index in [2.05, 4.69) is 38.2 Å². The zero-order valence-corrected chi connectivity index (χ0v) is 11.5. The molecule has 0 saturated carbocycles. The Morgan fingerprint density at radius 3 is 2.65 bits per heavy atom. The molecule has 0 heterocycles. The molecule has 0 radical (unpaired) electrons. The molecular weight excluding hydrogens is 210 g/mol. The van der Waals surface area contributed by atoms with Crippen LogP contribution in [0.4, 0.5) is 0 Å². The lowest BCUT2D eigenvalue weighted by molar-refractivity contribution is 0.339. The van der Waals surface area contributed by atoms with E-state index < -0.39 is 0 Å². The van der Waals surface area contributed by atoms with Gasteiger partial charge in [-0.1, -0.05) is 32.9 Å². The number of rotatable bonds is 6. The Balaban J connectivity index is 2.34. The van der Waals surface area contributed by atoms with Gasteiger partial charge in [-0.15, -0.1) is 0 Å². The average molecular weight is 235 g/mol. The van der Waals surface area contributed by atoms with Crippen LogP contribution in [0.5, 0.6) is 5.75 Å². The van der Waals surface area contributed by atoms with Crippen LogP contribution in [-0.2, 0) is 6.54 Å². The molecular formula is C15H25NO. The van der Waals surface area contributed by atoms with Crippen LogP contribution in [0.25, 0.3) is 0 Å². The number of hydrogen-bond acceptors (Lipinski definition) is 2. The number of nitrogens with one attached hydrogen (secondary N) is 1. The lowest BCUT2D eigenvalue weighted by Crippen LogP contribution is -2.20. The van der Waals surface area contributed by atoms with Gasteiger partial charge in [-0.05, 0) is 43.0 Å². The molecule has 1 N–H and O–H groups in total. The summed E-state index contributed by atoms with van der Waals surface area (Å²) >= 11 is 0. The van der Waals surface area contributed by atoms with Gasteiger partial charge in [0.1, 0.15) is 5.75 Å². The Morgan fingerprint density at radius 2 is 2.00 bits per heavy atom. The van der Waals surface area contributed by atoms with E-state index >= 15 is 0 Å². The van der Waals surface area contributed by atoms with Gasteiger partial charge in [-0.3, -0.25) is 0 Å². The fraction of sp³-hybridized carbons (Fsp3) is 0.600. The first-order valence-corrected chi connectivity index (χ1v) is 6.44. The first-order chi connectivity index (χ1) is 8.01. The summed E-state index contributed by atoms with van der Waals surface area (Å²) < 4.78 is 5.48. The molecule has 0 aliphatic carbocycles. The van der Waals surface area contributed by atoms with Crippen molar-refractivity contribution in [1.82, 2.24) is 5.32 Å². The van der Waals surface area contributed by atoms with Gasteiger partial charge in [0, 0.05) is 6.54 Å². The molecule has 0 bridgehead atoms. The summed E-state index contributed by atoms with van der Waals surface area (Å²) in [7, 11) is 0. The Bertz CT molecular complexity index is 328. The summed E-state index contributed by atoms with van der Waals surface area (Å²) in [5, 5.41) is 3.47. The number of benzene rings is 1. The zero-order valence-electron chi connectivity index (χ0n) is 11.5. The van der Waals surface area contributed by atoms with Crippen LogP contribution in [0.2, 0.25) is 0 Å². The highest BCUT2D eigenvalue weighted by Gasteiger charge is 2.08. The lowest BCUT2D eigenvalue weighted by Gasteiger charge is -2.18. The molecule has 0 atom stereocenters. The largest absolute Gasteiger partial charge is 0.494 e. The van der Waals surface area contributed by atoms with Crippen molar-refractivity contribution < 1.29 is 4.74 Å². The molecule has 1 rings (SSSR count). The van der Waals surface area contributed by atoms with Crippen molar-refractivity contribution in [2.75, 3.05) is 13.2 Å². The molecule has 0 fully saturated rings. The summed E-state index contributed by atoms with van der Waals surface area (Å²) in [4.78, 5) is 0. The van der Waals surface area contributed by atoms with Crippen molar-refractivity contribution in [3.63, 3.8) is 0 Å². The van der Waals surface area contributed by atoms with Gasteiger partial charge in [0.15, 0.2) is 0 Å². The molecule has 0 saturated heterocycles. The molecule has 1 aromatic rings. The quantitative estimate of drug-likeness (QED) is 0.761. The third-order valence-corrected chi connectivity index (χ3v) is 2.59. The molecule has 0 aliphatic heterocycles. The van der Waals surface area contributed by atoms with E-state index in [1.807, 2.05) is 19.1 Å². The van der Waals surface area contributed by atoms with Gasteiger partial charge < -0.3 is 10.1 Å². The van der Waals surface area contributed by atoms with Gasteiger partial charge in [-0.25, -0.2) is 0 Å². The molecule has 0 aliphatic rings. The first kappa shape index (κ1) is 14.0. The van der Waals surface area contributed by atoms with Crippen LogP contribution in [0, 0.1) is 5.41 Å². The predicted molar refractivity (Wildman–Crippen MR) is 73.4 cm³/mol. The van der Waals surface area contributed by atoms with Crippen molar-refractivity contribution in [1.29, 1.82) is 0 Å². The summed E-state index contributed by atoms with van der Waals surface area (Å²) in [6.07, 6.45) is 1.19. The third kappa shape index (κ3) is 6.32. The Morgan fingerprint density at radius 1 is 1.24 bits per heavy atom. The first-order valence-electron chi connectivity index (χ1n) is 6.44. The number of hydrogen-bond donors (Lipinski definition) is 1. The van der Waals surface area contributed by atoms with Gasteiger partial charge in [0.25, 0.3) is 0 Å². The van der Waals surface area contributed by atoms with Gasteiger partial charge >= 0.3 is 0 Å². The van der Waals surface area contributed by atoms with Crippen molar-refractivity contribution in [2.24, 2.45) is 5.41 Å². The van der Waals surface area contributed by atoms with E-state index in [0.29, 0.717) is 5.41 Å². The van der Waals surface area contributed by atoms with E-state index in [0.717, 1.165) is 25.4 Å². The van der Waals surface area contributed by atoms with E-state index in [-0.39, 0.29) is 0 Å². The van der Waals surface area contributed by atoms with Gasteiger partial charge in [0.2, 0.25) is 0 Å². The summed E-state index contributed by atoms with van der Waals surface area (Å²) in [6.45, 7) is 11.5. The summed E-state index contributed by atoms with van der Waals surface area (Å²) in [6, 6.07) is 8.29. The fourth-order valence-corrected chi connectivity index (χ4v) is 1.61. The van der Waals surface area contributed by atoms with E-state index in [1.54, 1.807) is 0 Å². The van der Waals surface area contributed by atoms with Crippen LogP contribution in [-0.4, -0.2) is 13.2 Å². The van der Waals surface area contributed by atoms with Crippen LogP contribution in [0.15, 0.2) is 24.3 Å². The zero-order chi connectivity index (χ0) is 12.7. The maximum Gasteiger partial charge on any atom is 0.119 e. The standard InChI is InChI=1S/C15H25NO/c1-5-17-14-8-6-7-13(11-14)12-16-10-9-15(2,3)4/h6-8,11,16H,5,9-10,12H2,1-4H3. The highest BCUT2D eigenvalue weighted by atomic mass is 16.5. The maximum atomic E-state index is 5.48. The van der Waals surface area contributed by atoms with E-state index in [9.17, 15) is 0 Å².